The molecular weight excluding hydrogens is 298 g/mol. The summed E-state index contributed by atoms with van der Waals surface area (Å²) in [6, 6.07) is 11.3. The van der Waals surface area contributed by atoms with Gasteiger partial charge in [-0.2, -0.15) is 5.10 Å². The summed E-state index contributed by atoms with van der Waals surface area (Å²) in [6.07, 6.45) is 3.26. The summed E-state index contributed by atoms with van der Waals surface area (Å²) in [5.74, 6) is 0.568. The molecule has 22 heavy (non-hydrogen) atoms. The molecule has 0 spiro atoms. The minimum absolute atomic E-state index is 0.126. The predicted molar refractivity (Wildman–Crippen MR) is 84.9 cm³/mol. The van der Waals surface area contributed by atoms with Crippen LogP contribution in [0.1, 0.15) is 5.69 Å². The van der Waals surface area contributed by atoms with Gasteiger partial charge >= 0.3 is 0 Å². The fourth-order valence-electron chi connectivity index (χ4n) is 2.29. The standard InChI is InChI=1S/C16H11N3O2S/c20-16-13-5-2-1-4-11(13)8-17-19(16)9-12-10-21-15(18-12)14-6-3-7-22-14/h1-8,10H,9H2. The number of nitrogens with zero attached hydrogens (tertiary/aromatic N) is 3. The predicted octanol–water partition coefficient (Wildman–Crippen LogP) is 3.16. The van der Waals surface area contributed by atoms with Gasteiger partial charge in [0, 0.05) is 5.39 Å². The first kappa shape index (κ1) is 13.0. The summed E-state index contributed by atoms with van der Waals surface area (Å²) in [5, 5.41) is 7.65. The molecule has 0 saturated heterocycles. The van der Waals surface area contributed by atoms with Crippen LogP contribution in [-0.2, 0) is 6.54 Å². The van der Waals surface area contributed by atoms with Crippen molar-refractivity contribution in [2.24, 2.45) is 0 Å². The molecule has 5 nitrogen and oxygen atoms in total. The van der Waals surface area contributed by atoms with Crippen LogP contribution in [0.5, 0.6) is 0 Å². The van der Waals surface area contributed by atoms with Crippen LogP contribution in [0, 0.1) is 0 Å². The maximum absolute atomic E-state index is 12.4. The lowest BCUT2D eigenvalue weighted by Crippen LogP contribution is -2.23. The van der Waals surface area contributed by atoms with E-state index in [2.05, 4.69) is 10.1 Å². The van der Waals surface area contributed by atoms with Gasteiger partial charge in [-0.05, 0) is 17.5 Å². The summed E-state index contributed by atoms with van der Waals surface area (Å²) < 4.78 is 6.87. The highest BCUT2D eigenvalue weighted by molar-refractivity contribution is 7.13. The van der Waals surface area contributed by atoms with Gasteiger partial charge in [-0.1, -0.05) is 24.3 Å². The van der Waals surface area contributed by atoms with Crippen LogP contribution in [0.25, 0.3) is 21.5 Å². The SMILES string of the molecule is O=c1c2ccccc2cnn1Cc1coc(-c2cccs2)n1. The summed E-state index contributed by atoms with van der Waals surface area (Å²) in [5.41, 5.74) is 0.548. The van der Waals surface area contributed by atoms with Crippen LogP contribution in [0.4, 0.5) is 0 Å². The Morgan fingerprint density at radius 3 is 2.95 bits per heavy atom. The fraction of sp³-hybridized carbons (Fsp3) is 0.0625. The van der Waals surface area contributed by atoms with E-state index in [0.717, 1.165) is 10.3 Å². The Balaban J connectivity index is 1.69. The van der Waals surface area contributed by atoms with Gasteiger partial charge < -0.3 is 4.42 Å². The van der Waals surface area contributed by atoms with E-state index < -0.39 is 0 Å². The van der Waals surface area contributed by atoms with E-state index in [1.54, 1.807) is 29.9 Å². The Labute approximate surface area is 129 Å². The third kappa shape index (κ3) is 2.23. The molecule has 3 heterocycles. The summed E-state index contributed by atoms with van der Waals surface area (Å²) in [4.78, 5) is 17.8. The highest BCUT2D eigenvalue weighted by Gasteiger charge is 2.10. The third-order valence-electron chi connectivity index (χ3n) is 3.36. The van der Waals surface area contributed by atoms with E-state index in [-0.39, 0.29) is 5.56 Å². The molecule has 4 rings (SSSR count). The molecule has 108 valence electrons. The lowest BCUT2D eigenvalue weighted by atomic mass is 10.2. The second-order valence-corrected chi connectivity index (χ2v) is 5.76. The van der Waals surface area contributed by atoms with E-state index in [1.807, 2.05) is 35.7 Å². The van der Waals surface area contributed by atoms with Crippen LogP contribution in [-0.4, -0.2) is 14.8 Å². The molecule has 0 saturated carbocycles. The van der Waals surface area contributed by atoms with Crippen LogP contribution < -0.4 is 5.56 Å². The molecule has 0 aliphatic rings. The quantitative estimate of drug-likeness (QED) is 0.583. The third-order valence-corrected chi connectivity index (χ3v) is 4.22. The largest absolute Gasteiger partial charge is 0.443 e. The first-order chi connectivity index (χ1) is 10.8. The minimum Gasteiger partial charge on any atom is -0.443 e. The van der Waals surface area contributed by atoms with Gasteiger partial charge in [-0.15, -0.1) is 11.3 Å². The van der Waals surface area contributed by atoms with Crippen molar-refractivity contribution in [3.05, 3.63) is 70.3 Å². The lowest BCUT2D eigenvalue weighted by molar-refractivity contribution is 0.569. The second-order valence-electron chi connectivity index (χ2n) is 4.82. The van der Waals surface area contributed by atoms with E-state index in [0.29, 0.717) is 23.5 Å². The van der Waals surface area contributed by atoms with Crippen molar-refractivity contribution in [1.29, 1.82) is 0 Å². The van der Waals surface area contributed by atoms with Crippen LogP contribution in [0.2, 0.25) is 0 Å². The molecule has 0 aliphatic carbocycles. The molecule has 0 atom stereocenters. The van der Waals surface area contributed by atoms with Crippen molar-refractivity contribution < 1.29 is 4.42 Å². The van der Waals surface area contributed by atoms with E-state index >= 15 is 0 Å². The van der Waals surface area contributed by atoms with Gasteiger partial charge in [-0.3, -0.25) is 4.79 Å². The normalized spacial score (nSPS) is 11.1. The highest BCUT2D eigenvalue weighted by Crippen LogP contribution is 2.23. The average Bonchev–Trinajstić information content (AvgIpc) is 3.21. The van der Waals surface area contributed by atoms with Crippen molar-refractivity contribution >= 4 is 22.1 Å². The van der Waals surface area contributed by atoms with Crippen molar-refractivity contribution in [2.75, 3.05) is 0 Å². The molecule has 0 radical (unpaired) electrons. The summed E-state index contributed by atoms with van der Waals surface area (Å²) in [6.45, 7) is 0.290. The van der Waals surface area contributed by atoms with Gasteiger partial charge in [-0.25, -0.2) is 9.67 Å². The Bertz CT molecular complexity index is 986. The fourth-order valence-corrected chi connectivity index (χ4v) is 2.94. The molecular formula is C16H11N3O2S. The first-order valence-corrected chi connectivity index (χ1v) is 7.62. The number of hydrogen-bond donors (Lipinski definition) is 0. The Morgan fingerprint density at radius 2 is 2.09 bits per heavy atom. The molecule has 0 aliphatic heterocycles. The van der Waals surface area contributed by atoms with Crippen molar-refractivity contribution in [3.8, 4) is 10.8 Å². The highest BCUT2D eigenvalue weighted by atomic mass is 32.1. The molecule has 0 unspecified atom stereocenters. The number of hydrogen-bond acceptors (Lipinski definition) is 5. The number of oxazole rings is 1. The number of rotatable bonds is 3. The van der Waals surface area contributed by atoms with Gasteiger partial charge in [0.05, 0.1) is 23.0 Å². The van der Waals surface area contributed by atoms with Gasteiger partial charge in [0.1, 0.15) is 12.0 Å². The summed E-state index contributed by atoms with van der Waals surface area (Å²) in [7, 11) is 0. The molecule has 1 aromatic carbocycles. The minimum atomic E-state index is -0.126. The maximum Gasteiger partial charge on any atom is 0.274 e. The monoisotopic (exact) mass is 309 g/mol. The van der Waals surface area contributed by atoms with Crippen LogP contribution >= 0.6 is 11.3 Å². The molecule has 0 bridgehead atoms. The van der Waals surface area contributed by atoms with E-state index in [9.17, 15) is 4.79 Å². The second kappa shape index (κ2) is 5.23. The first-order valence-electron chi connectivity index (χ1n) is 6.74. The van der Waals surface area contributed by atoms with Crippen molar-refractivity contribution in [1.82, 2.24) is 14.8 Å². The average molecular weight is 309 g/mol. The Kier molecular flexibility index (Phi) is 3.08. The van der Waals surface area contributed by atoms with E-state index in [1.165, 1.54) is 4.68 Å². The molecule has 4 aromatic rings. The smallest absolute Gasteiger partial charge is 0.274 e. The topological polar surface area (TPSA) is 60.9 Å². The number of benzene rings is 1. The van der Waals surface area contributed by atoms with Crippen LogP contribution in [0.15, 0.2) is 63.4 Å². The number of aromatic nitrogens is 3. The zero-order valence-corrected chi connectivity index (χ0v) is 12.3. The summed E-state index contributed by atoms with van der Waals surface area (Å²) >= 11 is 1.56. The molecule has 0 fully saturated rings. The zero-order valence-electron chi connectivity index (χ0n) is 11.5. The lowest BCUT2D eigenvalue weighted by Gasteiger charge is -2.03. The maximum atomic E-state index is 12.4. The van der Waals surface area contributed by atoms with Crippen molar-refractivity contribution in [2.45, 2.75) is 6.54 Å². The zero-order chi connectivity index (χ0) is 14.9. The molecule has 6 heteroatoms. The van der Waals surface area contributed by atoms with Crippen molar-refractivity contribution in [3.63, 3.8) is 0 Å². The Morgan fingerprint density at radius 1 is 1.18 bits per heavy atom. The number of thiophene rings is 1. The van der Waals surface area contributed by atoms with Gasteiger partial charge in [0.25, 0.3) is 5.56 Å². The molecule has 0 N–H and O–H groups in total. The van der Waals surface area contributed by atoms with Gasteiger partial charge in [0.15, 0.2) is 0 Å². The molecule has 0 amide bonds. The van der Waals surface area contributed by atoms with E-state index in [4.69, 9.17) is 4.42 Å². The molecule has 3 aromatic heterocycles. The van der Waals surface area contributed by atoms with Crippen LogP contribution in [0.3, 0.4) is 0 Å². The Hall–Kier alpha value is -2.73. The van der Waals surface area contributed by atoms with Gasteiger partial charge in [0.2, 0.25) is 5.89 Å². The number of fused-ring (bicyclic) bond motifs is 1.